The summed E-state index contributed by atoms with van der Waals surface area (Å²) in [5.41, 5.74) is 1.48. The number of nitrogens with one attached hydrogen (secondary N) is 1. The molecule has 3 nitrogen and oxygen atoms in total. The molecule has 0 saturated heterocycles. The molecule has 0 amide bonds. The van der Waals surface area contributed by atoms with E-state index in [1.165, 1.54) is 27.7 Å². The van der Waals surface area contributed by atoms with Crippen LogP contribution in [0.4, 0.5) is 0 Å². The van der Waals surface area contributed by atoms with Crippen LogP contribution >= 0.6 is 33.9 Å². The third-order valence-electron chi connectivity index (χ3n) is 3.14. The molecule has 1 aliphatic rings. The lowest BCUT2D eigenvalue weighted by Crippen LogP contribution is -2.33. The Bertz CT molecular complexity index is 365. The van der Waals surface area contributed by atoms with E-state index in [2.05, 4.69) is 34.0 Å². The summed E-state index contributed by atoms with van der Waals surface area (Å²) in [6.45, 7) is 0.740. The SMILES string of the molecule is COC(CNC1CCCc2sc(I)cc21)OC. The maximum absolute atomic E-state index is 5.20. The molecule has 0 aromatic carbocycles. The largest absolute Gasteiger partial charge is 0.355 e. The molecule has 0 fully saturated rings. The normalized spacial score (nSPS) is 19.6. The molecule has 17 heavy (non-hydrogen) atoms. The van der Waals surface area contributed by atoms with Crippen molar-refractivity contribution >= 4 is 33.9 Å². The Hall–Kier alpha value is 0.310. The molecule has 1 aromatic heterocycles. The van der Waals surface area contributed by atoms with Crippen molar-refractivity contribution < 1.29 is 9.47 Å². The fraction of sp³-hybridized carbons (Fsp3) is 0.667. The molecule has 0 bridgehead atoms. The molecule has 96 valence electrons. The van der Waals surface area contributed by atoms with Crippen molar-refractivity contribution in [3.8, 4) is 0 Å². The minimum absolute atomic E-state index is 0.155. The van der Waals surface area contributed by atoms with E-state index in [1.54, 1.807) is 19.1 Å². The minimum Gasteiger partial charge on any atom is -0.355 e. The third-order valence-corrected chi connectivity index (χ3v) is 5.11. The van der Waals surface area contributed by atoms with Gasteiger partial charge in [0.1, 0.15) is 0 Å². The van der Waals surface area contributed by atoms with Crippen LogP contribution in [0.1, 0.15) is 29.3 Å². The predicted molar refractivity (Wildman–Crippen MR) is 78.5 cm³/mol. The van der Waals surface area contributed by atoms with Gasteiger partial charge in [0, 0.05) is 31.7 Å². The highest BCUT2D eigenvalue weighted by Crippen LogP contribution is 2.36. The maximum Gasteiger partial charge on any atom is 0.169 e. The van der Waals surface area contributed by atoms with Gasteiger partial charge in [-0.05, 0) is 53.5 Å². The lowest BCUT2D eigenvalue weighted by Gasteiger charge is -2.25. The Morgan fingerprint density at radius 2 is 2.29 bits per heavy atom. The van der Waals surface area contributed by atoms with Gasteiger partial charge >= 0.3 is 0 Å². The van der Waals surface area contributed by atoms with E-state index in [9.17, 15) is 0 Å². The van der Waals surface area contributed by atoms with E-state index >= 15 is 0 Å². The highest BCUT2D eigenvalue weighted by molar-refractivity contribution is 14.1. The molecule has 1 unspecified atom stereocenters. The van der Waals surface area contributed by atoms with Crippen LogP contribution in [0.5, 0.6) is 0 Å². The Morgan fingerprint density at radius 1 is 1.53 bits per heavy atom. The van der Waals surface area contributed by atoms with Crippen LogP contribution < -0.4 is 5.32 Å². The van der Waals surface area contributed by atoms with Gasteiger partial charge in [-0.25, -0.2) is 0 Å². The summed E-state index contributed by atoms with van der Waals surface area (Å²) >= 11 is 4.33. The highest BCUT2D eigenvalue weighted by Gasteiger charge is 2.22. The quantitative estimate of drug-likeness (QED) is 0.641. The van der Waals surface area contributed by atoms with Crippen molar-refractivity contribution in [3.05, 3.63) is 19.4 Å². The Balaban J connectivity index is 1.98. The maximum atomic E-state index is 5.20. The lowest BCUT2D eigenvalue weighted by atomic mass is 9.94. The van der Waals surface area contributed by atoms with E-state index in [1.807, 2.05) is 11.3 Å². The summed E-state index contributed by atoms with van der Waals surface area (Å²) in [6, 6.07) is 2.78. The van der Waals surface area contributed by atoms with Crippen LogP contribution in [0, 0.1) is 2.88 Å². The lowest BCUT2D eigenvalue weighted by molar-refractivity contribution is -0.100. The van der Waals surface area contributed by atoms with Crippen LogP contribution in [0.15, 0.2) is 6.07 Å². The number of rotatable bonds is 5. The second-order valence-corrected chi connectivity index (χ2v) is 7.21. The summed E-state index contributed by atoms with van der Waals surface area (Å²) in [5, 5.41) is 3.55. The van der Waals surface area contributed by atoms with Crippen molar-refractivity contribution in [1.82, 2.24) is 5.32 Å². The van der Waals surface area contributed by atoms with Gasteiger partial charge in [0.2, 0.25) is 0 Å². The van der Waals surface area contributed by atoms with E-state index in [0.717, 1.165) is 6.54 Å². The number of fused-ring (bicyclic) bond motifs is 1. The Labute approximate surface area is 120 Å². The fourth-order valence-electron chi connectivity index (χ4n) is 2.23. The van der Waals surface area contributed by atoms with Gasteiger partial charge in [-0.3, -0.25) is 0 Å². The first-order chi connectivity index (χ1) is 8.24. The summed E-state index contributed by atoms with van der Waals surface area (Å²) in [4.78, 5) is 1.55. The van der Waals surface area contributed by atoms with Crippen LogP contribution in [-0.2, 0) is 15.9 Å². The van der Waals surface area contributed by atoms with Crippen molar-refractivity contribution in [3.63, 3.8) is 0 Å². The minimum atomic E-state index is -0.155. The van der Waals surface area contributed by atoms with E-state index < -0.39 is 0 Å². The standard InChI is InChI=1S/C12H18INO2S/c1-15-12(16-2)7-14-9-4-3-5-10-8(9)6-11(13)17-10/h6,9,12,14H,3-5,7H2,1-2H3. The zero-order valence-corrected chi connectivity index (χ0v) is 13.1. The zero-order chi connectivity index (χ0) is 12.3. The van der Waals surface area contributed by atoms with Gasteiger partial charge in [-0.2, -0.15) is 0 Å². The number of methoxy groups -OCH3 is 2. The average Bonchev–Trinajstić information content (AvgIpc) is 2.71. The molecule has 1 aliphatic carbocycles. The number of hydrogen-bond donors (Lipinski definition) is 1. The number of thiophene rings is 1. The summed E-state index contributed by atoms with van der Waals surface area (Å²) in [7, 11) is 3.35. The van der Waals surface area contributed by atoms with Crippen LogP contribution in [0.2, 0.25) is 0 Å². The smallest absolute Gasteiger partial charge is 0.169 e. The van der Waals surface area contributed by atoms with Crippen molar-refractivity contribution in [1.29, 1.82) is 0 Å². The second kappa shape index (κ2) is 6.47. The summed E-state index contributed by atoms with van der Waals surface area (Å²) in [5.74, 6) is 0. The molecule has 1 aromatic rings. The zero-order valence-electron chi connectivity index (χ0n) is 10.2. The van der Waals surface area contributed by atoms with Crippen LogP contribution in [0.3, 0.4) is 0 Å². The van der Waals surface area contributed by atoms with Gasteiger partial charge in [0.15, 0.2) is 6.29 Å². The topological polar surface area (TPSA) is 30.5 Å². The molecular weight excluding hydrogens is 349 g/mol. The molecule has 5 heteroatoms. The fourth-order valence-corrected chi connectivity index (χ4v) is 4.35. The van der Waals surface area contributed by atoms with Gasteiger partial charge in [-0.1, -0.05) is 0 Å². The molecular formula is C12H18INO2S. The predicted octanol–water partition coefficient (Wildman–Crippen LogP) is 2.94. The Kier molecular flexibility index (Phi) is 5.23. The third kappa shape index (κ3) is 3.41. The number of halogens is 1. The summed E-state index contributed by atoms with van der Waals surface area (Å²) < 4.78 is 11.8. The highest BCUT2D eigenvalue weighted by atomic mass is 127. The molecule has 1 atom stereocenters. The van der Waals surface area contributed by atoms with E-state index in [-0.39, 0.29) is 6.29 Å². The first kappa shape index (κ1) is 13.7. The van der Waals surface area contributed by atoms with E-state index in [0.29, 0.717) is 6.04 Å². The van der Waals surface area contributed by atoms with Crippen molar-refractivity contribution in [2.24, 2.45) is 0 Å². The first-order valence-corrected chi connectivity index (χ1v) is 7.71. The number of ether oxygens (including phenoxy) is 2. The van der Waals surface area contributed by atoms with Crippen LogP contribution in [-0.4, -0.2) is 27.1 Å². The molecule has 0 aliphatic heterocycles. The monoisotopic (exact) mass is 367 g/mol. The molecule has 0 saturated carbocycles. The van der Waals surface area contributed by atoms with E-state index in [4.69, 9.17) is 9.47 Å². The molecule has 0 radical (unpaired) electrons. The summed E-state index contributed by atoms with van der Waals surface area (Å²) in [6.07, 6.45) is 3.56. The van der Waals surface area contributed by atoms with Gasteiger partial charge in [0.05, 0.1) is 2.88 Å². The van der Waals surface area contributed by atoms with Crippen LogP contribution in [0.25, 0.3) is 0 Å². The first-order valence-electron chi connectivity index (χ1n) is 5.81. The van der Waals surface area contributed by atoms with Gasteiger partial charge in [0.25, 0.3) is 0 Å². The molecule has 1 N–H and O–H groups in total. The second-order valence-electron chi connectivity index (χ2n) is 4.18. The van der Waals surface area contributed by atoms with Crippen molar-refractivity contribution in [2.45, 2.75) is 31.6 Å². The average molecular weight is 367 g/mol. The van der Waals surface area contributed by atoms with Gasteiger partial charge in [-0.15, -0.1) is 11.3 Å². The van der Waals surface area contributed by atoms with Gasteiger partial charge < -0.3 is 14.8 Å². The van der Waals surface area contributed by atoms with Crippen molar-refractivity contribution in [2.75, 3.05) is 20.8 Å². The molecule has 0 spiro atoms. The number of aryl methyl sites for hydroxylation is 1. The Morgan fingerprint density at radius 3 is 3.00 bits per heavy atom. The molecule has 2 rings (SSSR count). The molecule has 1 heterocycles. The number of hydrogen-bond acceptors (Lipinski definition) is 4.